The van der Waals surface area contributed by atoms with E-state index in [4.69, 9.17) is 5.73 Å². The highest BCUT2D eigenvalue weighted by atomic mass is 19.1. The number of nitrogens with one attached hydrogen (secondary N) is 1. The number of hydrogen-bond acceptors (Lipinski definition) is 4. The zero-order valence-electron chi connectivity index (χ0n) is 12.5. The molecule has 0 amide bonds. The van der Waals surface area contributed by atoms with E-state index < -0.39 is 0 Å². The van der Waals surface area contributed by atoms with Crippen molar-refractivity contribution in [2.24, 2.45) is 5.73 Å². The molecule has 1 heterocycles. The minimum Gasteiger partial charge on any atom is -0.381 e. The first kappa shape index (κ1) is 15.1. The van der Waals surface area contributed by atoms with E-state index in [2.05, 4.69) is 15.3 Å². The monoisotopic (exact) mass is 308 g/mol. The normalized spacial score (nSPS) is 10.5. The predicted molar refractivity (Wildman–Crippen MR) is 90.4 cm³/mol. The topological polar surface area (TPSA) is 63.8 Å². The molecular formula is C18H17FN4. The Morgan fingerprint density at radius 3 is 2.52 bits per heavy atom. The van der Waals surface area contributed by atoms with Crippen LogP contribution in [0.1, 0.15) is 0 Å². The lowest BCUT2D eigenvalue weighted by atomic mass is 10.1. The van der Waals surface area contributed by atoms with Gasteiger partial charge in [-0.1, -0.05) is 42.5 Å². The molecule has 3 rings (SSSR count). The van der Waals surface area contributed by atoms with Gasteiger partial charge in [-0.2, -0.15) is 0 Å². The number of aromatic nitrogens is 2. The number of hydrogen-bond donors (Lipinski definition) is 2. The maximum atomic E-state index is 13.4. The van der Waals surface area contributed by atoms with Crippen molar-refractivity contribution in [1.29, 1.82) is 0 Å². The van der Waals surface area contributed by atoms with Gasteiger partial charge in [-0.05, 0) is 12.1 Å². The van der Waals surface area contributed by atoms with E-state index >= 15 is 0 Å². The molecular weight excluding hydrogens is 291 g/mol. The van der Waals surface area contributed by atoms with Gasteiger partial charge in [-0.3, -0.25) is 0 Å². The number of anilines is 1. The highest BCUT2D eigenvalue weighted by molar-refractivity contribution is 5.75. The van der Waals surface area contributed by atoms with Crippen molar-refractivity contribution in [3.63, 3.8) is 0 Å². The Morgan fingerprint density at radius 1 is 1.00 bits per heavy atom. The van der Waals surface area contributed by atoms with E-state index in [9.17, 15) is 4.39 Å². The van der Waals surface area contributed by atoms with Crippen LogP contribution < -0.4 is 11.1 Å². The van der Waals surface area contributed by atoms with E-state index in [-0.39, 0.29) is 5.82 Å². The number of halogens is 1. The van der Waals surface area contributed by atoms with Crippen molar-refractivity contribution in [3.05, 3.63) is 66.6 Å². The summed E-state index contributed by atoms with van der Waals surface area (Å²) in [5.74, 6) is 0.180. The van der Waals surface area contributed by atoms with Crippen LogP contribution in [-0.4, -0.2) is 23.1 Å². The summed E-state index contributed by atoms with van der Waals surface area (Å²) >= 11 is 0. The second-order valence-electron chi connectivity index (χ2n) is 5.05. The standard InChI is InChI=1S/C18H17FN4/c19-15-8-4-7-14(11-15)18-22-12-16(21-10-9-20)17(23-18)13-5-2-1-3-6-13/h1-8,11-12,21H,9-10,20H2. The molecule has 0 spiro atoms. The zero-order chi connectivity index (χ0) is 16.1. The summed E-state index contributed by atoms with van der Waals surface area (Å²) in [4.78, 5) is 8.97. The molecule has 0 aliphatic rings. The molecule has 3 aromatic rings. The molecule has 0 radical (unpaired) electrons. The van der Waals surface area contributed by atoms with E-state index in [0.29, 0.717) is 24.5 Å². The van der Waals surface area contributed by atoms with Crippen molar-refractivity contribution < 1.29 is 4.39 Å². The molecule has 0 unspecified atom stereocenters. The van der Waals surface area contributed by atoms with Crippen molar-refractivity contribution >= 4 is 5.69 Å². The number of nitrogens with zero attached hydrogens (tertiary/aromatic N) is 2. The van der Waals surface area contributed by atoms with Gasteiger partial charge in [0.05, 0.1) is 17.6 Å². The lowest BCUT2D eigenvalue weighted by Gasteiger charge is -2.12. The Hall–Kier alpha value is -2.79. The highest BCUT2D eigenvalue weighted by Gasteiger charge is 2.11. The van der Waals surface area contributed by atoms with Crippen molar-refractivity contribution in [1.82, 2.24) is 9.97 Å². The zero-order valence-corrected chi connectivity index (χ0v) is 12.5. The minimum absolute atomic E-state index is 0.308. The molecule has 2 aromatic carbocycles. The van der Waals surface area contributed by atoms with Gasteiger partial charge < -0.3 is 11.1 Å². The number of benzene rings is 2. The van der Waals surface area contributed by atoms with E-state index in [1.807, 2.05) is 30.3 Å². The van der Waals surface area contributed by atoms with Crippen LogP contribution >= 0.6 is 0 Å². The first-order valence-corrected chi connectivity index (χ1v) is 7.40. The summed E-state index contributed by atoms with van der Waals surface area (Å²) in [6.45, 7) is 1.14. The van der Waals surface area contributed by atoms with Gasteiger partial charge in [-0.15, -0.1) is 0 Å². The smallest absolute Gasteiger partial charge is 0.160 e. The van der Waals surface area contributed by atoms with E-state index in [1.165, 1.54) is 12.1 Å². The van der Waals surface area contributed by atoms with Gasteiger partial charge in [0.1, 0.15) is 5.82 Å². The quantitative estimate of drug-likeness (QED) is 0.759. The third kappa shape index (κ3) is 3.52. The number of rotatable bonds is 5. The molecule has 0 saturated carbocycles. The summed E-state index contributed by atoms with van der Waals surface area (Å²) in [6.07, 6.45) is 1.71. The molecule has 3 N–H and O–H groups in total. The van der Waals surface area contributed by atoms with Crippen LogP contribution in [-0.2, 0) is 0 Å². The summed E-state index contributed by atoms with van der Waals surface area (Å²) in [5, 5.41) is 3.23. The van der Waals surface area contributed by atoms with Gasteiger partial charge in [0, 0.05) is 24.2 Å². The lowest BCUT2D eigenvalue weighted by Crippen LogP contribution is -2.14. The molecule has 1 aromatic heterocycles. The van der Waals surface area contributed by atoms with Crippen LogP contribution in [0.5, 0.6) is 0 Å². The third-order valence-electron chi connectivity index (χ3n) is 3.38. The maximum Gasteiger partial charge on any atom is 0.160 e. The third-order valence-corrected chi connectivity index (χ3v) is 3.38. The summed E-state index contributed by atoms with van der Waals surface area (Å²) in [5.41, 5.74) is 8.75. The second-order valence-corrected chi connectivity index (χ2v) is 5.05. The van der Waals surface area contributed by atoms with E-state index in [1.54, 1.807) is 18.3 Å². The molecule has 0 aliphatic heterocycles. The molecule has 4 nitrogen and oxygen atoms in total. The SMILES string of the molecule is NCCNc1cnc(-c2cccc(F)c2)nc1-c1ccccc1. The summed E-state index contributed by atoms with van der Waals surface area (Å²) < 4.78 is 13.4. The van der Waals surface area contributed by atoms with Crippen LogP contribution in [0, 0.1) is 5.82 Å². The largest absolute Gasteiger partial charge is 0.381 e. The van der Waals surface area contributed by atoms with Crippen LogP contribution in [0.4, 0.5) is 10.1 Å². The second kappa shape index (κ2) is 6.98. The van der Waals surface area contributed by atoms with E-state index in [0.717, 1.165) is 16.9 Å². The molecule has 5 heteroatoms. The fourth-order valence-corrected chi connectivity index (χ4v) is 2.30. The molecule has 23 heavy (non-hydrogen) atoms. The van der Waals surface area contributed by atoms with Crippen LogP contribution in [0.3, 0.4) is 0 Å². The molecule has 0 aliphatic carbocycles. The average molecular weight is 308 g/mol. The first-order valence-electron chi connectivity index (χ1n) is 7.40. The average Bonchev–Trinajstić information content (AvgIpc) is 2.60. The molecule has 0 atom stereocenters. The van der Waals surface area contributed by atoms with Gasteiger partial charge in [0.25, 0.3) is 0 Å². The molecule has 116 valence electrons. The lowest BCUT2D eigenvalue weighted by molar-refractivity contribution is 0.628. The Bertz CT molecular complexity index is 790. The van der Waals surface area contributed by atoms with Crippen molar-refractivity contribution in [2.45, 2.75) is 0 Å². The minimum atomic E-state index is -0.308. The van der Waals surface area contributed by atoms with Gasteiger partial charge in [0.2, 0.25) is 0 Å². The van der Waals surface area contributed by atoms with Crippen LogP contribution in [0.2, 0.25) is 0 Å². The summed E-state index contributed by atoms with van der Waals surface area (Å²) in [7, 11) is 0. The fourth-order valence-electron chi connectivity index (χ4n) is 2.30. The number of nitrogens with two attached hydrogens (primary N) is 1. The molecule has 0 saturated heterocycles. The van der Waals surface area contributed by atoms with Crippen LogP contribution in [0.15, 0.2) is 60.8 Å². The maximum absolute atomic E-state index is 13.4. The predicted octanol–water partition coefficient (Wildman–Crippen LogP) is 3.32. The van der Waals surface area contributed by atoms with Crippen LogP contribution in [0.25, 0.3) is 22.6 Å². The summed E-state index contributed by atoms with van der Waals surface area (Å²) in [6, 6.07) is 16.1. The Kier molecular flexibility index (Phi) is 4.59. The van der Waals surface area contributed by atoms with Gasteiger partial charge >= 0.3 is 0 Å². The Morgan fingerprint density at radius 2 is 1.78 bits per heavy atom. The first-order chi connectivity index (χ1) is 11.3. The van der Waals surface area contributed by atoms with Gasteiger partial charge in [0.15, 0.2) is 5.82 Å². The fraction of sp³-hybridized carbons (Fsp3) is 0.111. The van der Waals surface area contributed by atoms with Crippen molar-refractivity contribution in [2.75, 3.05) is 18.4 Å². The highest BCUT2D eigenvalue weighted by Crippen LogP contribution is 2.27. The Balaban J connectivity index is 2.07. The molecule has 0 fully saturated rings. The molecule has 0 bridgehead atoms. The Labute approximate surface area is 134 Å². The van der Waals surface area contributed by atoms with Gasteiger partial charge in [-0.25, -0.2) is 14.4 Å². The van der Waals surface area contributed by atoms with Crippen molar-refractivity contribution in [3.8, 4) is 22.6 Å².